The lowest BCUT2D eigenvalue weighted by molar-refractivity contribution is -0.142. The number of nitrogens with zero attached hydrogens (tertiary/aromatic N) is 1. The lowest BCUT2D eigenvalue weighted by Crippen LogP contribution is -2.54. The smallest absolute Gasteiger partial charge is 0.225 e. The van der Waals surface area contributed by atoms with E-state index in [1.165, 1.54) is 12.1 Å². The van der Waals surface area contributed by atoms with Crippen LogP contribution in [0.3, 0.4) is 0 Å². The molecule has 2 amide bonds. The number of rotatable bonds is 5. The van der Waals surface area contributed by atoms with E-state index in [0.29, 0.717) is 25.9 Å². The van der Waals surface area contributed by atoms with Gasteiger partial charge < -0.3 is 10.6 Å². The number of benzene rings is 2. The van der Waals surface area contributed by atoms with E-state index in [0.717, 1.165) is 23.1 Å². The van der Waals surface area contributed by atoms with Gasteiger partial charge in [-0.15, -0.1) is 0 Å². The summed E-state index contributed by atoms with van der Waals surface area (Å²) in [7, 11) is 0. The Morgan fingerprint density at radius 1 is 1.14 bits per heavy atom. The van der Waals surface area contributed by atoms with Gasteiger partial charge in [0.25, 0.3) is 0 Å². The molecule has 1 aliphatic rings. The van der Waals surface area contributed by atoms with E-state index in [-0.39, 0.29) is 23.5 Å². The van der Waals surface area contributed by atoms with Gasteiger partial charge in [-0.2, -0.15) is 0 Å². The molecule has 0 bridgehead atoms. The van der Waals surface area contributed by atoms with Crippen molar-refractivity contribution in [2.45, 2.75) is 33.1 Å². The molecule has 28 heavy (non-hydrogen) atoms. The molecule has 3 rings (SSSR count). The fourth-order valence-electron chi connectivity index (χ4n) is 4.04. The Kier molecular flexibility index (Phi) is 5.82. The Bertz CT molecular complexity index is 880. The Hall–Kier alpha value is -2.69. The zero-order valence-corrected chi connectivity index (χ0v) is 16.5. The molecule has 2 N–H and O–H groups in total. The molecule has 0 spiro atoms. The minimum atomic E-state index is -0.774. The van der Waals surface area contributed by atoms with Crippen LogP contribution in [0.2, 0.25) is 0 Å². The Morgan fingerprint density at radius 2 is 1.82 bits per heavy atom. The number of primary amides is 1. The first-order valence-electron chi connectivity index (χ1n) is 9.74. The van der Waals surface area contributed by atoms with Gasteiger partial charge in [0, 0.05) is 19.0 Å². The molecule has 1 aliphatic heterocycles. The summed E-state index contributed by atoms with van der Waals surface area (Å²) in [5, 5.41) is 0. The van der Waals surface area contributed by atoms with E-state index >= 15 is 0 Å². The molecule has 148 valence electrons. The number of halogens is 1. The fourth-order valence-corrected chi connectivity index (χ4v) is 4.04. The van der Waals surface area contributed by atoms with Gasteiger partial charge in [-0.1, -0.05) is 50.2 Å². The first-order chi connectivity index (χ1) is 13.3. The van der Waals surface area contributed by atoms with E-state index in [4.69, 9.17) is 5.73 Å². The van der Waals surface area contributed by atoms with E-state index in [2.05, 4.69) is 0 Å². The summed E-state index contributed by atoms with van der Waals surface area (Å²) in [6, 6.07) is 14.2. The maximum Gasteiger partial charge on any atom is 0.225 e. The van der Waals surface area contributed by atoms with Crippen molar-refractivity contribution in [3.63, 3.8) is 0 Å². The number of nitrogens with two attached hydrogens (primary N) is 1. The minimum Gasteiger partial charge on any atom is -0.369 e. The molecule has 0 radical (unpaired) electrons. The summed E-state index contributed by atoms with van der Waals surface area (Å²) in [4.78, 5) is 26.7. The monoisotopic (exact) mass is 382 g/mol. The predicted octanol–water partition coefficient (Wildman–Crippen LogP) is 3.79. The number of piperidine rings is 1. The number of hydrogen-bond acceptors (Lipinski definition) is 2. The van der Waals surface area contributed by atoms with E-state index in [1.807, 2.05) is 44.2 Å². The average Bonchev–Trinajstić information content (AvgIpc) is 2.67. The van der Waals surface area contributed by atoms with Crippen molar-refractivity contribution in [1.82, 2.24) is 4.90 Å². The lowest BCUT2D eigenvalue weighted by Gasteiger charge is -2.41. The molecule has 2 aromatic carbocycles. The molecular weight excluding hydrogens is 355 g/mol. The standard InChI is InChI=1S/C23H27FN2O2/c1-16(2)21(27)26-11-5-10-23(15-26,22(25)28)14-17-6-3-7-18(12-17)19-8-4-9-20(24)13-19/h3-4,6-9,12-13,16H,5,10-11,14-15H2,1-2H3,(H2,25,28)/t23-/m1/s1. The van der Waals surface area contributed by atoms with Gasteiger partial charge in [0.1, 0.15) is 5.82 Å². The van der Waals surface area contributed by atoms with Crippen LogP contribution in [0.4, 0.5) is 4.39 Å². The molecule has 2 aromatic rings. The second-order valence-corrected chi connectivity index (χ2v) is 8.05. The number of likely N-dealkylation sites (tertiary alicyclic amines) is 1. The fraction of sp³-hybridized carbons (Fsp3) is 0.391. The largest absolute Gasteiger partial charge is 0.369 e. The quantitative estimate of drug-likeness (QED) is 0.855. The van der Waals surface area contributed by atoms with E-state index in [1.54, 1.807) is 11.0 Å². The second-order valence-electron chi connectivity index (χ2n) is 8.05. The molecule has 0 saturated carbocycles. The zero-order chi connectivity index (χ0) is 20.3. The second kappa shape index (κ2) is 8.13. The SMILES string of the molecule is CC(C)C(=O)N1CCC[C@](Cc2cccc(-c3cccc(F)c3)c2)(C(N)=O)C1. The van der Waals surface area contributed by atoms with Crippen molar-refractivity contribution in [2.24, 2.45) is 17.1 Å². The molecule has 0 aromatic heterocycles. The average molecular weight is 382 g/mol. The van der Waals surface area contributed by atoms with Crippen molar-refractivity contribution < 1.29 is 14.0 Å². The van der Waals surface area contributed by atoms with Crippen LogP contribution in [0.1, 0.15) is 32.3 Å². The minimum absolute atomic E-state index is 0.0545. The maximum absolute atomic E-state index is 13.6. The van der Waals surface area contributed by atoms with E-state index in [9.17, 15) is 14.0 Å². The summed E-state index contributed by atoms with van der Waals surface area (Å²) in [6.45, 7) is 4.75. The highest BCUT2D eigenvalue weighted by molar-refractivity contribution is 5.84. The van der Waals surface area contributed by atoms with Crippen molar-refractivity contribution in [1.29, 1.82) is 0 Å². The number of hydrogen-bond donors (Lipinski definition) is 1. The first-order valence-corrected chi connectivity index (χ1v) is 9.74. The molecule has 5 heteroatoms. The third kappa shape index (κ3) is 4.24. The highest BCUT2D eigenvalue weighted by atomic mass is 19.1. The normalized spacial score (nSPS) is 19.6. The highest BCUT2D eigenvalue weighted by Gasteiger charge is 2.42. The molecule has 1 atom stereocenters. The van der Waals surface area contributed by atoms with Crippen LogP contribution in [0, 0.1) is 17.2 Å². The van der Waals surface area contributed by atoms with Crippen LogP contribution >= 0.6 is 0 Å². The highest BCUT2D eigenvalue weighted by Crippen LogP contribution is 2.35. The van der Waals surface area contributed by atoms with Crippen LogP contribution in [-0.4, -0.2) is 29.8 Å². The number of carbonyl (C=O) groups is 2. The van der Waals surface area contributed by atoms with Crippen LogP contribution in [0.15, 0.2) is 48.5 Å². The first kappa shape index (κ1) is 20.1. The molecule has 0 aliphatic carbocycles. The summed E-state index contributed by atoms with van der Waals surface area (Å²) in [5.41, 5.74) is 7.69. The number of amides is 2. The van der Waals surface area contributed by atoms with Gasteiger partial charge in [0.15, 0.2) is 0 Å². The molecule has 4 nitrogen and oxygen atoms in total. The molecule has 1 fully saturated rings. The summed E-state index contributed by atoms with van der Waals surface area (Å²) < 4.78 is 13.6. The van der Waals surface area contributed by atoms with Gasteiger partial charge in [-0.3, -0.25) is 9.59 Å². The molecule has 0 unspecified atom stereocenters. The van der Waals surface area contributed by atoms with Crippen LogP contribution in [0.5, 0.6) is 0 Å². The van der Waals surface area contributed by atoms with Gasteiger partial charge in [-0.25, -0.2) is 4.39 Å². The third-order valence-electron chi connectivity index (χ3n) is 5.53. The predicted molar refractivity (Wildman–Crippen MR) is 108 cm³/mol. The van der Waals surface area contributed by atoms with Crippen molar-refractivity contribution in [2.75, 3.05) is 13.1 Å². The van der Waals surface area contributed by atoms with Gasteiger partial charge >= 0.3 is 0 Å². The van der Waals surface area contributed by atoms with Crippen LogP contribution in [0.25, 0.3) is 11.1 Å². The van der Waals surface area contributed by atoms with Crippen LogP contribution in [-0.2, 0) is 16.0 Å². The maximum atomic E-state index is 13.6. The Morgan fingerprint density at radius 3 is 2.46 bits per heavy atom. The van der Waals surface area contributed by atoms with Crippen molar-refractivity contribution in [3.05, 3.63) is 59.9 Å². The van der Waals surface area contributed by atoms with E-state index < -0.39 is 5.41 Å². The van der Waals surface area contributed by atoms with Gasteiger partial charge in [0.05, 0.1) is 5.41 Å². The summed E-state index contributed by atoms with van der Waals surface area (Å²) >= 11 is 0. The zero-order valence-electron chi connectivity index (χ0n) is 16.5. The Labute approximate surface area is 165 Å². The van der Waals surface area contributed by atoms with Gasteiger partial charge in [0.2, 0.25) is 11.8 Å². The molecule has 1 heterocycles. The molecular formula is C23H27FN2O2. The number of carbonyl (C=O) groups excluding carboxylic acids is 2. The topological polar surface area (TPSA) is 63.4 Å². The third-order valence-corrected chi connectivity index (χ3v) is 5.53. The van der Waals surface area contributed by atoms with Crippen LogP contribution < -0.4 is 5.73 Å². The van der Waals surface area contributed by atoms with Gasteiger partial charge in [-0.05, 0) is 48.1 Å². The summed E-state index contributed by atoms with van der Waals surface area (Å²) in [5.74, 6) is -0.713. The van der Waals surface area contributed by atoms with Crippen molar-refractivity contribution >= 4 is 11.8 Å². The summed E-state index contributed by atoms with van der Waals surface area (Å²) in [6.07, 6.45) is 1.88. The molecule has 1 saturated heterocycles. The van der Waals surface area contributed by atoms with Crippen molar-refractivity contribution in [3.8, 4) is 11.1 Å². The lowest BCUT2D eigenvalue weighted by atomic mass is 9.74. The Balaban J connectivity index is 1.88.